The van der Waals surface area contributed by atoms with Crippen LogP contribution >= 0.6 is 11.3 Å². The number of aromatic nitrogens is 1. The van der Waals surface area contributed by atoms with Crippen molar-refractivity contribution in [1.29, 1.82) is 0 Å². The van der Waals surface area contributed by atoms with Gasteiger partial charge in [0, 0.05) is 37.2 Å². The number of nitrogens with two attached hydrogens (primary N) is 2. The minimum Gasteiger partial charge on any atom is -0.445 e. The lowest BCUT2D eigenvalue weighted by molar-refractivity contribution is -0.274. The van der Waals surface area contributed by atoms with E-state index in [9.17, 15) is 22.8 Å². The number of anilines is 4. The Balaban J connectivity index is 1.24. The quantitative estimate of drug-likeness (QED) is 0.404. The van der Waals surface area contributed by atoms with Crippen molar-refractivity contribution in [2.45, 2.75) is 13.0 Å². The molecule has 1 aliphatic heterocycles. The third-order valence-corrected chi connectivity index (χ3v) is 6.30. The molecule has 1 aliphatic rings. The molecule has 1 fully saturated rings. The lowest BCUT2D eigenvalue weighted by Crippen LogP contribution is -2.48. The van der Waals surface area contributed by atoms with E-state index in [0.29, 0.717) is 53.9 Å². The molecule has 0 aliphatic carbocycles. The van der Waals surface area contributed by atoms with Crippen molar-refractivity contribution >= 4 is 45.5 Å². The van der Waals surface area contributed by atoms with Gasteiger partial charge in [0.15, 0.2) is 5.13 Å². The molecule has 0 atom stereocenters. The zero-order valence-electron chi connectivity index (χ0n) is 19.3. The number of hydrogen-bond acceptors (Lipinski definition) is 9. The van der Waals surface area contributed by atoms with Crippen LogP contribution < -0.4 is 26.4 Å². The van der Waals surface area contributed by atoms with Crippen molar-refractivity contribution in [3.05, 3.63) is 59.1 Å². The topological polar surface area (TPSA) is 136 Å². The van der Waals surface area contributed by atoms with Crippen LogP contribution in [-0.2, 0) is 11.3 Å². The molecule has 5 N–H and O–H groups in total. The van der Waals surface area contributed by atoms with Gasteiger partial charge >= 0.3 is 12.5 Å². The number of rotatable bonds is 6. The first-order valence-corrected chi connectivity index (χ1v) is 11.9. The number of halogens is 3. The van der Waals surface area contributed by atoms with Crippen molar-refractivity contribution in [3.63, 3.8) is 0 Å². The average Bonchev–Trinajstić information content (AvgIpc) is 3.35. The normalized spacial score (nSPS) is 13.8. The number of thiazole rings is 1. The second kappa shape index (κ2) is 10.8. The van der Waals surface area contributed by atoms with E-state index in [4.69, 9.17) is 16.2 Å². The molecular weight excluding hydrogens is 513 g/mol. The first-order chi connectivity index (χ1) is 17.6. The molecule has 196 valence electrons. The molecule has 1 saturated heterocycles. The van der Waals surface area contributed by atoms with E-state index in [1.165, 1.54) is 28.4 Å². The number of nitrogens with one attached hydrogen (secondary N) is 1. The van der Waals surface area contributed by atoms with Gasteiger partial charge in [-0.2, -0.15) is 0 Å². The van der Waals surface area contributed by atoms with Crippen LogP contribution in [0, 0.1) is 0 Å². The van der Waals surface area contributed by atoms with Crippen LogP contribution in [0.5, 0.6) is 5.75 Å². The number of ether oxygens (including phenoxy) is 2. The van der Waals surface area contributed by atoms with Gasteiger partial charge in [0.05, 0.1) is 11.4 Å². The van der Waals surface area contributed by atoms with Crippen LogP contribution in [0.3, 0.4) is 0 Å². The summed E-state index contributed by atoms with van der Waals surface area (Å²) in [6, 6.07) is 9.91. The summed E-state index contributed by atoms with van der Waals surface area (Å²) in [7, 11) is 0. The smallest absolute Gasteiger partial charge is 0.445 e. The number of alkyl halides is 3. The summed E-state index contributed by atoms with van der Waals surface area (Å²) in [4.78, 5) is 32.8. The molecule has 10 nitrogen and oxygen atoms in total. The first-order valence-electron chi connectivity index (χ1n) is 11.0. The Kier molecular flexibility index (Phi) is 7.57. The van der Waals surface area contributed by atoms with Crippen LogP contribution in [0.25, 0.3) is 0 Å². The Morgan fingerprint density at radius 3 is 2.38 bits per heavy atom. The maximum atomic E-state index is 12.5. The van der Waals surface area contributed by atoms with E-state index in [1.54, 1.807) is 23.6 Å². The Morgan fingerprint density at radius 2 is 1.73 bits per heavy atom. The second-order valence-corrected chi connectivity index (χ2v) is 8.87. The number of benzene rings is 2. The number of piperazine rings is 1. The Bertz CT molecular complexity index is 1260. The zero-order chi connectivity index (χ0) is 26.6. The van der Waals surface area contributed by atoms with Gasteiger partial charge in [0.2, 0.25) is 0 Å². The van der Waals surface area contributed by atoms with Gasteiger partial charge < -0.3 is 36.1 Å². The van der Waals surface area contributed by atoms with Gasteiger partial charge in [0.25, 0.3) is 5.91 Å². The average molecular weight is 537 g/mol. The summed E-state index contributed by atoms with van der Waals surface area (Å²) >= 11 is 1.32. The largest absolute Gasteiger partial charge is 0.573 e. The van der Waals surface area contributed by atoms with E-state index in [-0.39, 0.29) is 24.0 Å². The summed E-state index contributed by atoms with van der Waals surface area (Å²) in [5.74, 6) is -0.733. The third-order valence-electron chi connectivity index (χ3n) is 5.40. The van der Waals surface area contributed by atoms with Crippen molar-refractivity contribution in [3.8, 4) is 5.75 Å². The highest BCUT2D eigenvalue weighted by atomic mass is 32.1. The third kappa shape index (κ3) is 6.94. The molecule has 1 aromatic heterocycles. The standard InChI is InChI=1S/C23H23F3N6O4S/c24-23(25,26)36-16-4-1-14(2-5-16)12-35-22(34)32-9-7-31(8-10-32)21-30-19(13-37-21)20(33)29-15-3-6-17(27)18(28)11-15/h1-6,11,13H,7-10,12,27-28H2,(H,29,33). The predicted molar refractivity (Wildman–Crippen MR) is 132 cm³/mol. The number of nitrogen functional groups attached to an aromatic ring is 2. The summed E-state index contributed by atoms with van der Waals surface area (Å²) in [6.45, 7) is 1.64. The van der Waals surface area contributed by atoms with Crippen molar-refractivity contribution in [2.75, 3.05) is 47.9 Å². The molecule has 2 heterocycles. The van der Waals surface area contributed by atoms with Gasteiger partial charge in [0.1, 0.15) is 18.1 Å². The molecule has 2 amide bonds. The van der Waals surface area contributed by atoms with E-state index in [0.717, 1.165) is 12.1 Å². The number of carbonyl (C=O) groups is 2. The molecule has 0 radical (unpaired) electrons. The molecule has 0 bridgehead atoms. The molecule has 14 heteroatoms. The molecule has 3 aromatic rings. The first kappa shape index (κ1) is 25.9. The zero-order valence-corrected chi connectivity index (χ0v) is 20.1. The number of carbonyl (C=O) groups excluding carboxylic acids is 2. The van der Waals surface area contributed by atoms with Gasteiger partial charge in [-0.1, -0.05) is 12.1 Å². The fourth-order valence-corrected chi connectivity index (χ4v) is 4.32. The van der Waals surface area contributed by atoms with Gasteiger partial charge in [-0.3, -0.25) is 4.79 Å². The Morgan fingerprint density at radius 1 is 1.03 bits per heavy atom. The lowest BCUT2D eigenvalue weighted by Gasteiger charge is -2.33. The van der Waals surface area contributed by atoms with Crippen molar-refractivity contribution < 1.29 is 32.2 Å². The van der Waals surface area contributed by atoms with E-state index in [2.05, 4.69) is 15.0 Å². The molecule has 37 heavy (non-hydrogen) atoms. The number of nitrogens with zero attached hydrogens (tertiary/aromatic N) is 3. The molecule has 0 unspecified atom stereocenters. The van der Waals surface area contributed by atoms with Crippen LogP contribution in [0.2, 0.25) is 0 Å². The number of amides is 2. The fraction of sp³-hybridized carbons (Fsp3) is 0.261. The van der Waals surface area contributed by atoms with Crippen LogP contribution in [0.1, 0.15) is 16.1 Å². The van der Waals surface area contributed by atoms with Crippen LogP contribution in [0.4, 0.5) is 40.2 Å². The van der Waals surface area contributed by atoms with Crippen molar-refractivity contribution in [2.24, 2.45) is 0 Å². The van der Waals surface area contributed by atoms with Crippen LogP contribution in [-0.4, -0.2) is 54.4 Å². The second-order valence-electron chi connectivity index (χ2n) is 8.03. The predicted octanol–water partition coefficient (Wildman–Crippen LogP) is 3.92. The van der Waals surface area contributed by atoms with Gasteiger partial charge in [-0.05, 0) is 35.9 Å². The summed E-state index contributed by atoms with van der Waals surface area (Å²) in [5.41, 5.74) is 13.5. The maximum Gasteiger partial charge on any atom is 0.573 e. The molecular formula is C23H23F3N6O4S. The monoisotopic (exact) mass is 536 g/mol. The molecule has 0 spiro atoms. The molecule has 4 rings (SSSR count). The Hall–Kier alpha value is -4.20. The van der Waals surface area contributed by atoms with E-state index in [1.807, 2.05) is 4.90 Å². The SMILES string of the molecule is Nc1ccc(NC(=O)c2csc(N3CCN(C(=O)OCc4ccc(OC(F)(F)F)cc4)CC3)n2)cc1N. The van der Waals surface area contributed by atoms with Crippen molar-refractivity contribution in [1.82, 2.24) is 9.88 Å². The molecule has 2 aromatic carbocycles. The highest BCUT2D eigenvalue weighted by Gasteiger charge is 2.31. The highest BCUT2D eigenvalue weighted by Crippen LogP contribution is 2.25. The number of hydrogen-bond donors (Lipinski definition) is 3. The highest BCUT2D eigenvalue weighted by molar-refractivity contribution is 7.14. The van der Waals surface area contributed by atoms with Crippen LogP contribution in [0.15, 0.2) is 47.8 Å². The fourth-order valence-electron chi connectivity index (χ4n) is 3.47. The summed E-state index contributed by atoms with van der Waals surface area (Å²) in [6.07, 6.45) is -5.30. The summed E-state index contributed by atoms with van der Waals surface area (Å²) in [5, 5.41) is 5.03. The summed E-state index contributed by atoms with van der Waals surface area (Å²) < 4.78 is 45.8. The lowest BCUT2D eigenvalue weighted by atomic mass is 10.2. The molecule has 0 saturated carbocycles. The minimum atomic E-state index is -4.77. The van der Waals surface area contributed by atoms with Gasteiger partial charge in [-0.25, -0.2) is 9.78 Å². The van der Waals surface area contributed by atoms with E-state index >= 15 is 0 Å². The Labute approximate surface area is 213 Å². The van der Waals surface area contributed by atoms with Gasteiger partial charge in [-0.15, -0.1) is 24.5 Å². The maximum absolute atomic E-state index is 12.5. The minimum absolute atomic E-state index is 0.0873. The van der Waals surface area contributed by atoms with E-state index < -0.39 is 12.5 Å².